The maximum absolute atomic E-state index is 10.5. The van der Waals surface area contributed by atoms with Crippen molar-refractivity contribution >= 4 is 11.1 Å². The lowest BCUT2D eigenvalue weighted by molar-refractivity contribution is 0.481. The normalized spacial score (nSPS) is 12.9. The molecule has 0 amide bonds. The van der Waals surface area contributed by atoms with Crippen LogP contribution in [-0.2, 0) is 11.1 Å². The third-order valence-electron chi connectivity index (χ3n) is 0.882. The number of rotatable bonds is 1. The second-order valence-corrected chi connectivity index (χ2v) is 2.41. The number of hydrogen-bond acceptors (Lipinski definition) is 4. The van der Waals surface area contributed by atoms with Gasteiger partial charge in [-0.2, -0.15) is 0 Å². The Hall–Kier alpha value is -0.940. The Kier molecular flexibility index (Phi) is 1.98. The molecule has 0 bridgehead atoms. The van der Waals surface area contributed by atoms with Crippen LogP contribution in [0.25, 0.3) is 0 Å². The summed E-state index contributed by atoms with van der Waals surface area (Å²) < 4.78 is 24.6. The molecule has 1 unspecified atom stereocenters. The molecule has 0 saturated carbocycles. The fourth-order valence-electron chi connectivity index (χ4n) is 0.477. The van der Waals surface area contributed by atoms with Crippen molar-refractivity contribution in [2.75, 3.05) is 0 Å². The van der Waals surface area contributed by atoms with Gasteiger partial charge < -0.3 is 8.97 Å². The molecule has 0 saturated heterocycles. The van der Waals surface area contributed by atoms with Gasteiger partial charge in [0.15, 0.2) is 0 Å². The molecule has 0 fully saturated rings. The van der Waals surface area contributed by atoms with Crippen molar-refractivity contribution in [2.45, 2.75) is 4.90 Å². The summed E-state index contributed by atoms with van der Waals surface area (Å²) in [6.07, 6.45) is 1.12. The Morgan fingerprint density at radius 1 is 1.60 bits per heavy atom. The number of hydrogen-bond donors (Lipinski definition) is 0. The molecule has 1 atom stereocenters. The topological polar surface area (TPSA) is 70.3 Å². The van der Waals surface area contributed by atoms with Gasteiger partial charge in [0.2, 0.25) is 0 Å². The molecular formula is C5H3O4S-. The fourth-order valence-corrected chi connectivity index (χ4v) is 0.851. The average Bonchev–Trinajstić information content (AvgIpc) is 1.88. The molecule has 1 aromatic rings. The minimum Gasteiger partial charge on any atom is -0.768 e. The van der Waals surface area contributed by atoms with Gasteiger partial charge in [-0.1, -0.05) is 0 Å². The van der Waals surface area contributed by atoms with Crippen molar-refractivity contribution in [2.24, 2.45) is 0 Å². The Labute approximate surface area is 58.8 Å². The average molecular weight is 159 g/mol. The van der Waals surface area contributed by atoms with Crippen LogP contribution in [0.2, 0.25) is 0 Å². The third-order valence-corrected chi connectivity index (χ3v) is 1.54. The van der Waals surface area contributed by atoms with E-state index in [4.69, 9.17) is 0 Å². The van der Waals surface area contributed by atoms with Gasteiger partial charge in [0, 0.05) is 0 Å². The maximum atomic E-state index is 10.5. The molecular weight excluding hydrogens is 156 g/mol. The van der Waals surface area contributed by atoms with Crippen LogP contribution in [0.5, 0.6) is 0 Å². The van der Waals surface area contributed by atoms with Gasteiger partial charge in [0.05, 0.1) is 6.26 Å². The molecule has 0 aliphatic carbocycles. The molecule has 4 nitrogen and oxygen atoms in total. The quantitative estimate of drug-likeness (QED) is 0.535. The van der Waals surface area contributed by atoms with Gasteiger partial charge in [-0.15, -0.1) is 0 Å². The van der Waals surface area contributed by atoms with Crippen LogP contribution in [0.3, 0.4) is 0 Å². The summed E-state index contributed by atoms with van der Waals surface area (Å²) in [5.74, 6) is 0. The van der Waals surface area contributed by atoms with E-state index in [1.165, 1.54) is 12.1 Å². The maximum Gasteiger partial charge on any atom is 0.350 e. The van der Waals surface area contributed by atoms with Gasteiger partial charge in [0.25, 0.3) is 0 Å². The van der Waals surface area contributed by atoms with Gasteiger partial charge in [-0.3, -0.25) is 4.21 Å². The molecule has 54 valence electrons. The van der Waals surface area contributed by atoms with Crippen LogP contribution >= 0.6 is 0 Å². The standard InChI is InChI=1S/C5H4O4S/c6-5-4(10(7)8)2-1-3-9-5/h1-3H,(H,7,8)/p-1. The molecule has 0 spiro atoms. The van der Waals surface area contributed by atoms with Crippen molar-refractivity contribution < 1.29 is 13.2 Å². The Morgan fingerprint density at radius 2 is 2.30 bits per heavy atom. The zero-order chi connectivity index (χ0) is 7.56. The summed E-state index contributed by atoms with van der Waals surface area (Å²) in [6.45, 7) is 0. The van der Waals surface area contributed by atoms with Crippen LogP contribution in [-0.4, -0.2) is 8.76 Å². The lowest BCUT2D eigenvalue weighted by atomic mass is 10.5. The van der Waals surface area contributed by atoms with Crippen molar-refractivity contribution in [1.82, 2.24) is 0 Å². The summed E-state index contributed by atoms with van der Waals surface area (Å²) in [5.41, 5.74) is -0.837. The first kappa shape index (κ1) is 7.17. The molecule has 0 aliphatic heterocycles. The third kappa shape index (κ3) is 1.31. The monoisotopic (exact) mass is 159 g/mol. The van der Waals surface area contributed by atoms with Crippen LogP contribution in [0.4, 0.5) is 0 Å². The van der Waals surface area contributed by atoms with E-state index in [1.54, 1.807) is 0 Å². The second-order valence-electron chi connectivity index (χ2n) is 1.50. The van der Waals surface area contributed by atoms with Gasteiger partial charge in [0.1, 0.15) is 4.90 Å². The highest BCUT2D eigenvalue weighted by Gasteiger charge is 1.97. The molecule has 0 radical (unpaired) electrons. The lowest BCUT2D eigenvalue weighted by Gasteiger charge is -1.99. The lowest BCUT2D eigenvalue weighted by Crippen LogP contribution is -2.06. The Morgan fingerprint density at radius 3 is 2.70 bits per heavy atom. The van der Waals surface area contributed by atoms with E-state index in [2.05, 4.69) is 4.42 Å². The van der Waals surface area contributed by atoms with Crippen LogP contribution in [0.15, 0.2) is 32.5 Å². The van der Waals surface area contributed by atoms with Gasteiger partial charge in [-0.05, 0) is 23.2 Å². The SMILES string of the molecule is O=c1occcc1S(=O)[O-]. The summed E-state index contributed by atoms with van der Waals surface area (Å²) in [7, 11) is 0. The van der Waals surface area contributed by atoms with Crippen LogP contribution in [0.1, 0.15) is 0 Å². The van der Waals surface area contributed by atoms with E-state index in [-0.39, 0.29) is 4.90 Å². The molecule has 1 aromatic heterocycles. The molecule has 5 heteroatoms. The van der Waals surface area contributed by atoms with E-state index in [9.17, 15) is 13.6 Å². The second kappa shape index (κ2) is 2.76. The van der Waals surface area contributed by atoms with Crippen molar-refractivity contribution in [3.8, 4) is 0 Å². The zero-order valence-corrected chi connectivity index (χ0v) is 5.59. The van der Waals surface area contributed by atoms with E-state index in [0.717, 1.165) is 6.26 Å². The minimum absolute atomic E-state index is 0.345. The van der Waals surface area contributed by atoms with E-state index in [0.29, 0.717) is 0 Å². The first-order chi connectivity index (χ1) is 4.72. The molecule has 0 N–H and O–H groups in total. The van der Waals surface area contributed by atoms with Gasteiger partial charge >= 0.3 is 5.63 Å². The summed E-state index contributed by atoms with van der Waals surface area (Å²) in [5, 5.41) is 0. The van der Waals surface area contributed by atoms with Crippen molar-refractivity contribution in [1.29, 1.82) is 0 Å². The van der Waals surface area contributed by atoms with Crippen molar-refractivity contribution in [3.05, 3.63) is 28.8 Å². The zero-order valence-electron chi connectivity index (χ0n) is 4.77. The molecule has 0 aromatic carbocycles. The Balaban J connectivity index is 3.29. The predicted octanol–water partition coefficient (Wildman–Crippen LogP) is -0.122. The van der Waals surface area contributed by atoms with Gasteiger partial charge in [-0.25, -0.2) is 4.79 Å². The molecule has 0 aliphatic rings. The molecule has 1 rings (SSSR count). The van der Waals surface area contributed by atoms with E-state index >= 15 is 0 Å². The summed E-state index contributed by atoms with van der Waals surface area (Å²) >= 11 is -2.50. The first-order valence-electron chi connectivity index (χ1n) is 2.39. The molecule has 1 heterocycles. The minimum atomic E-state index is -2.50. The summed E-state index contributed by atoms with van der Waals surface area (Å²) in [4.78, 5) is 10.2. The predicted molar refractivity (Wildman–Crippen MR) is 32.2 cm³/mol. The van der Waals surface area contributed by atoms with E-state index < -0.39 is 16.7 Å². The highest BCUT2D eigenvalue weighted by molar-refractivity contribution is 7.79. The Bertz CT molecular complexity index is 303. The highest BCUT2D eigenvalue weighted by Crippen LogP contribution is 1.94. The highest BCUT2D eigenvalue weighted by atomic mass is 32.2. The van der Waals surface area contributed by atoms with Crippen molar-refractivity contribution in [3.63, 3.8) is 0 Å². The van der Waals surface area contributed by atoms with Crippen LogP contribution < -0.4 is 5.63 Å². The largest absolute Gasteiger partial charge is 0.768 e. The molecule has 10 heavy (non-hydrogen) atoms. The fraction of sp³-hybridized carbons (Fsp3) is 0. The first-order valence-corrected chi connectivity index (χ1v) is 3.46. The van der Waals surface area contributed by atoms with E-state index in [1.807, 2.05) is 0 Å². The summed E-state index contributed by atoms with van der Waals surface area (Å²) in [6, 6.07) is 2.52. The smallest absolute Gasteiger partial charge is 0.350 e. The van der Waals surface area contributed by atoms with Crippen LogP contribution in [0, 0.1) is 0 Å².